The van der Waals surface area contributed by atoms with E-state index in [-0.39, 0.29) is 23.1 Å². The van der Waals surface area contributed by atoms with Crippen molar-refractivity contribution < 1.29 is 9.59 Å². The summed E-state index contributed by atoms with van der Waals surface area (Å²) in [5.41, 5.74) is 4.57. The van der Waals surface area contributed by atoms with E-state index in [4.69, 9.17) is 0 Å². The van der Waals surface area contributed by atoms with Gasteiger partial charge in [0.15, 0.2) is 5.78 Å². The number of amides is 1. The molecular weight excluding hydrogens is 348 g/mol. The monoisotopic (exact) mass is 368 g/mol. The van der Waals surface area contributed by atoms with Gasteiger partial charge in [-0.3, -0.25) is 9.59 Å². The van der Waals surface area contributed by atoms with Gasteiger partial charge in [0.2, 0.25) is 0 Å². The van der Waals surface area contributed by atoms with Gasteiger partial charge >= 0.3 is 0 Å². The lowest BCUT2D eigenvalue weighted by Crippen LogP contribution is -2.46. The zero-order valence-electron chi connectivity index (χ0n) is 15.4. The van der Waals surface area contributed by atoms with Crippen molar-refractivity contribution in [3.63, 3.8) is 0 Å². The fraction of sp³-hybridized carbons (Fsp3) is 0.250. The number of rotatable bonds is 2. The third kappa shape index (κ3) is 1.90. The predicted octanol–water partition coefficient (Wildman–Crippen LogP) is 4.18. The summed E-state index contributed by atoms with van der Waals surface area (Å²) in [6.07, 6.45) is 3.32. The van der Waals surface area contributed by atoms with E-state index in [0.29, 0.717) is 18.0 Å². The van der Waals surface area contributed by atoms with Crippen LogP contribution in [0.15, 0.2) is 55.1 Å². The van der Waals surface area contributed by atoms with Gasteiger partial charge in [-0.2, -0.15) is 0 Å². The zero-order chi connectivity index (χ0) is 19.0. The molecule has 138 valence electrons. The minimum Gasteiger partial charge on any atom is -0.351 e. The molecule has 1 amide bonds. The van der Waals surface area contributed by atoms with Crippen molar-refractivity contribution in [2.45, 2.75) is 24.3 Å². The number of hydrogen-bond acceptors (Lipinski definition) is 2. The zero-order valence-corrected chi connectivity index (χ0v) is 15.4. The van der Waals surface area contributed by atoms with Crippen molar-refractivity contribution in [3.8, 4) is 0 Å². The van der Waals surface area contributed by atoms with Crippen LogP contribution >= 0.6 is 0 Å². The molecule has 1 aromatic heterocycles. The summed E-state index contributed by atoms with van der Waals surface area (Å²) in [5, 5.41) is 1.00. The minimum absolute atomic E-state index is 0.000101. The molecule has 0 bridgehead atoms. The number of hydrogen-bond donors (Lipinski definition) is 1. The summed E-state index contributed by atoms with van der Waals surface area (Å²) in [6.45, 7) is 4.54. The molecule has 2 aliphatic carbocycles. The van der Waals surface area contributed by atoms with Crippen molar-refractivity contribution in [2.75, 3.05) is 6.54 Å². The summed E-state index contributed by atoms with van der Waals surface area (Å²) in [6, 6.07) is 15.9. The Hall–Kier alpha value is -3.14. The van der Waals surface area contributed by atoms with Crippen molar-refractivity contribution in [2.24, 2.45) is 5.92 Å². The van der Waals surface area contributed by atoms with Crippen LogP contribution < -0.4 is 0 Å². The van der Waals surface area contributed by atoms with Crippen LogP contribution in [0.2, 0.25) is 0 Å². The van der Waals surface area contributed by atoms with Crippen LogP contribution in [0.1, 0.15) is 44.8 Å². The summed E-state index contributed by atoms with van der Waals surface area (Å²) >= 11 is 0. The molecule has 1 aliphatic heterocycles. The third-order valence-corrected chi connectivity index (χ3v) is 7.02. The highest BCUT2D eigenvalue weighted by molar-refractivity contribution is 6.03. The maximum atomic E-state index is 13.4. The van der Waals surface area contributed by atoms with Crippen LogP contribution in [0.5, 0.6) is 0 Å². The van der Waals surface area contributed by atoms with Gasteiger partial charge in [0.25, 0.3) is 5.91 Å². The van der Waals surface area contributed by atoms with Gasteiger partial charge in [-0.1, -0.05) is 43.0 Å². The normalized spacial score (nSPS) is 27.3. The maximum Gasteiger partial charge on any atom is 0.270 e. The van der Waals surface area contributed by atoms with Crippen molar-refractivity contribution in [1.29, 1.82) is 0 Å². The Bertz CT molecular complexity index is 1190. The lowest BCUT2D eigenvalue weighted by molar-refractivity contribution is 0.0659. The smallest absolute Gasteiger partial charge is 0.270 e. The Morgan fingerprint density at radius 1 is 1.21 bits per heavy atom. The molecule has 28 heavy (non-hydrogen) atoms. The molecule has 4 heteroatoms. The van der Waals surface area contributed by atoms with Gasteiger partial charge < -0.3 is 9.88 Å². The van der Waals surface area contributed by atoms with Crippen LogP contribution in [0, 0.1) is 5.92 Å². The van der Waals surface area contributed by atoms with E-state index < -0.39 is 0 Å². The first kappa shape index (κ1) is 15.9. The van der Waals surface area contributed by atoms with Crippen molar-refractivity contribution >= 4 is 28.7 Å². The lowest BCUT2D eigenvalue weighted by Gasteiger charge is -2.36. The highest BCUT2D eigenvalue weighted by atomic mass is 16.2. The van der Waals surface area contributed by atoms with Gasteiger partial charge in [-0.15, -0.1) is 0 Å². The standard InChI is InChI=1S/C24H20N2O2/c1-2-14-7-8-19-15(9-14)10-20(25-19)23(28)26-13-16-12-24(16)18-6-4-3-5-17(18)21(27)11-22(24)26/h2-10,16,22,25H,1,11-13H2/t16-,22?,24-/m1/s1. The number of nitrogens with zero attached hydrogens (tertiary/aromatic N) is 1. The second-order valence-electron chi connectivity index (χ2n) is 8.32. The molecule has 2 heterocycles. The highest BCUT2D eigenvalue weighted by Gasteiger charge is 2.69. The van der Waals surface area contributed by atoms with E-state index in [1.54, 1.807) is 6.08 Å². The Balaban J connectivity index is 1.39. The summed E-state index contributed by atoms with van der Waals surface area (Å²) in [5.74, 6) is 0.622. The molecular formula is C24H20N2O2. The number of carbonyl (C=O) groups is 2. The van der Waals surface area contributed by atoms with Gasteiger partial charge in [0.05, 0.1) is 0 Å². The van der Waals surface area contributed by atoms with Crippen LogP contribution in [-0.4, -0.2) is 34.2 Å². The number of fused-ring (bicyclic) bond motifs is 2. The summed E-state index contributed by atoms with van der Waals surface area (Å²) < 4.78 is 0. The average molecular weight is 368 g/mol. The Kier molecular flexibility index (Phi) is 2.96. The van der Waals surface area contributed by atoms with Crippen molar-refractivity contribution in [1.82, 2.24) is 9.88 Å². The second-order valence-corrected chi connectivity index (χ2v) is 8.32. The van der Waals surface area contributed by atoms with E-state index in [1.807, 2.05) is 47.4 Å². The molecule has 1 N–H and O–H groups in total. The first-order valence-electron chi connectivity index (χ1n) is 9.81. The number of benzene rings is 2. The maximum absolute atomic E-state index is 13.4. The topological polar surface area (TPSA) is 53.2 Å². The number of piperidine rings is 1. The van der Waals surface area contributed by atoms with E-state index in [1.165, 1.54) is 0 Å². The molecule has 3 aromatic rings. The number of aromatic nitrogens is 1. The van der Waals surface area contributed by atoms with Crippen LogP contribution in [0.3, 0.4) is 0 Å². The molecule has 3 atom stereocenters. The quantitative estimate of drug-likeness (QED) is 0.738. The molecule has 4 nitrogen and oxygen atoms in total. The van der Waals surface area contributed by atoms with E-state index >= 15 is 0 Å². The Labute approximate surface area is 162 Å². The lowest BCUT2D eigenvalue weighted by atomic mass is 9.75. The first-order chi connectivity index (χ1) is 13.6. The molecule has 6 rings (SSSR count). The summed E-state index contributed by atoms with van der Waals surface area (Å²) in [4.78, 5) is 31.3. The number of carbonyl (C=O) groups excluding carboxylic acids is 2. The third-order valence-electron chi connectivity index (χ3n) is 7.02. The van der Waals surface area contributed by atoms with Crippen LogP contribution in [0.25, 0.3) is 17.0 Å². The van der Waals surface area contributed by atoms with Crippen LogP contribution in [0.4, 0.5) is 0 Å². The molecule has 2 fully saturated rings. The van der Waals surface area contributed by atoms with Crippen molar-refractivity contribution in [3.05, 3.63) is 77.5 Å². The molecule has 1 unspecified atom stereocenters. The second kappa shape index (κ2) is 5.22. The Morgan fingerprint density at radius 3 is 2.93 bits per heavy atom. The predicted molar refractivity (Wildman–Crippen MR) is 108 cm³/mol. The fourth-order valence-electron chi connectivity index (χ4n) is 5.62. The average Bonchev–Trinajstić information content (AvgIpc) is 3.12. The van der Waals surface area contributed by atoms with Crippen LogP contribution in [-0.2, 0) is 5.41 Å². The highest BCUT2D eigenvalue weighted by Crippen LogP contribution is 2.65. The summed E-state index contributed by atoms with van der Waals surface area (Å²) in [7, 11) is 0. The number of Topliss-reactive ketones (excluding diaryl/α,β-unsaturated/α-hetero) is 1. The van der Waals surface area contributed by atoms with E-state index in [0.717, 1.165) is 40.6 Å². The van der Waals surface area contributed by atoms with E-state index in [9.17, 15) is 9.59 Å². The molecule has 1 spiro atoms. The van der Waals surface area contributed by atoms with E-state index in [2.05, 4.69) is 17.6 Å². The Morgan fingerprint density at radius 2 is 2.07 bits per heavy atom. The SMILES string of the molecule is C=Cc1ccc2[nH]c(C(=O)N3C[C@H]4C[C@]45c4ccccc4C(=O)CC35)cc2c1. The largest absolute Gasteiger partial charge is 0.351 e. The molecule has 0 radical (unpaired) electrons. The molecule has 2 aromatic carbocycles. The minimum atomic E-state index is -0.0254. The molecule has 1 saturated heterocycles. The number of H-pyrrole nitrogens is 1. The van der Waals surface area contributed by atoms with Gasteiger partial charge in [-0.25, -0.2) is 0 Å². The first-order valence-corrected chi connectivity index (χ1v) is 9.81. The van der Waals surface area contributed by atoms with Gasteiger partial charge in [0.1, 0.15) is 5.69 Å². The number of aromatic amines is 1. The van der Waals surface area contributed by atoms with Gasteiger partial charge in [0, 0.05) is 40.9 Å². The number of likely N-dealkylation sites (tertiary alicyclic amines) is 1. The fourth-order valence-corrected chi connectivity index (χ4v) is 5.62. The number of ketones is 1. The molecule has 1 saturated carbocycles. The molecule has 3 aliphatic rings. The number of nitrogens with one attached hydrogen (secondary N) is 1. The van der Waals surface area contributed by atoms with Gasteiger partial charge in [-0.05, 0) is 41.7 Å².